The van der Waals surface area contributed by atoms with Crippen LogP contribution in [0.25, 0.3) is 0 Å². The van der Waals surface area contributed by atoms with E-state index in [-0.39, 0.29) is 0 Å². The second kappa shape index (κ2) is 5.90. The van der Waals surface area contributed by atoms with E-state index in [1.54, 1.807) is 12.1 Å². The van der Waals surface area contributed by atoms with Crippen molar-refractivity contribution >= 4 is 23.2 Å². The third kappa shape index (κ3) is 3.36. The van der Waals surface area contributed by atoms with Gasteiger partial charge in [0.15, 0.2) is 0 Å². The van der Waals surface area contributed by atoms with Crippen LogP contribution in [0.4, 0.5) is 0 Å². The van der Waals surface area contributed by atoms with Crippen molar-refractivity contribution in [3.63, 3.8) is 0 Å². The summed E-state index contributed by atoms with van der Waals surface area (Å²) in [5.41, 5.74) is 0. The molecular weight excluding hydrogens is 281 g/mol. The monoisotopic (exact) mass is 299 g/mol. The van der Waals surface area contributed by atoms with Crippen LogP contribution in [0.1, 0.15) is 32.1 Å². The van der Waals surface area contributed by atoms with Gasteiger partial charge in [0.2, 0.25) is 0 Å². The Balaban J connectivity index is 1.46. The summed E-state index contributed by atoms with van der Waals surface area (Å²) in [6.07, 6.45) is 6.46. The van der Waals surface area contributed by atoms with Crippen molar-refractivity contribution < 1.29 is 4.74 Å². The van der Waals surface area contributed by atoms with Crippen LogP contribution >= 0.6 is 23.2 Å². The predicted molar refractivity (Wildman–Crippen MR) is 79.2 cm³/mol. The summed E-state index contributed by atoms with van der Waals surface area (Å²) in [6.45, 7) is 0.766. The van der Waals surface area contributed by atoms with Crippen molar-refractivity contribution in [1.82, 2.24) is 5.32 Å². The van der Waals surface area contributed by atoms with E-state index in [1.807, 2.05) is 6.07 Å². The van der Waals surface area contributed by atoms with E-state index in [4.69, 9.17) is 27.9 Å². The Bertz CT molecular complexity index is 440. The summed E-state index contributed by atoms with van der Waals surface area (Å²) in [5.74, 6) is 1.62. The summed E-state index contributed by atoms with van der Waals surface area (Å²) in [4.78, 5) is 0. The van der Waals surface area contributed by atoms with Gasteiger partial charge < -0.3 is 10.1 Å². The number of hydrogen-bond acceptors (Lipinski definition) is 2. The molecule has 104 valence electrons. The molecule has 2 saturated heterocycles. The van der Waals surface area contributed by atoms with Gasteiger partial charge in [-0.05, 0) is 50.2 Å². The van der Waals surface area contributed by atoms with E-state index >= 15 is 0 Å². The van der Waals surface area contributed by atoms with Crippen LogP contribution in [0.15, 0.2) is 18.2 Å². The highest BCUT2D eigenvalue weighted by molar-refractivity contribution is 6.42. The fourth-order valence-electron chi connectivity index (χ4n) is 3.32. The maximum atomic E-state index is 5.97. The van der Waals surface area contributed by atoms with Gasteiger partial charge >= 0.3 is 0 Å². The number of fused-ring (bicyclic) bond motifs is 2. The van der Waals surface area contributed by atoms with Crippen LogP contribution in [0.5, 0.6) is 5.75 Å². The van der Waals surface area contributed by atoms with Crippen molar-refractivity contribution in [1.29, 1.82) is 0 Å². The summed E-state index contributed by atoms with van der Waals surface area (Å²) in [7, 11) is 0. The van der Waals surface area contributed by atoms with E-state index in [1.165, 1.54) is 25.7 Å². The van der Waals surface area contributed by atoms with Crippen LogP contribution in [-0.4, -0.2) is 18.7 Å². The molecule has 1 aromatic carbocycles. The number of hydrogen-bond donors (Lipinski definition) is 1. The van der Waals surface area contributed by atoms with Crippen LogP contribution in [0.3, 0.4) is 0 Å². The Morgan fingerprint density at radius 1 is 1.11 bits per heavy atom. The number of benzene rings is 1. The zero-order valence-corrected chi connectivity index (χ0v) is 12.4. The van der Waals surface area contributed by atoms with Crippen LogP contribution < -0.4 is 10.1 Å². The van der Waals surface area contributed by atoms with Crippen LogP contribution in [-0.2, 0) is 0 Å². The first-order valence-corrected chi connectivity index (χ1v) is 7.80. The lowest BCUT2D eigenvalue weighted by Gasteiger charge is -2.29. The van der Waals surface area contributed by atoms with Gasteiger partial charge in [-0.1, -0.05) is 23.2 Å². The van der Waals surface area contributed by atoms with E-state index in [9.17, 15) is 0 Å². The number of rotatable bonds is 4. The first-order chi connectivity index (χ1) is 9.20. The maximum absolute atomic E-state index is 5.97. The fraction of sp³-hybridized carbons (Fsp3) is 0.600. The zero-order chi connectivity index (χ0) is 13.2. The molecule has 0 spiro atoms. The fourth-order valence-corrected chi connectivity index (χ4v) is 3.61. The average molecular weight is 300 g/mol. The van der Waals surface area contributed by atoms with Crippen molar-refractivity contribution in [3.05, 3.63) is 28.2 Å². The molecule has 2 atom stereocenters. The van der Waals surface area contributed by atoms with Gasteiger partial charge in [0.1, 0.15) is 5.75 Å². The second-order valence-electron chi connectivity index (χ2n) is 5.69. The predicted octanol–water partition coefficient (Wildman–Crippen LogP) is 4.29. The molecule has 2 heterocycles. The van der Waals surface area contributed by atoms with Crippen molar-refractivity contribution in [3.8, 4) is 5.75 Å². The van der Waals surface area contributed by atoms with Gasteiger partial charge in [-0.2, -0.15) is 0 Å². The highest BCUT2D eigenvalue weighted by atomic mass is 35.5. The normalized spacial score (nSPS) is 29.5. The molecular formula is C15H19Cl2NO. The molecule has 3 rings (SSSR count). The Hall–Kier alpha value is -0.440. The van der Waals surface area contributed by atoms with Crippen LogP contribution in [0, 0.1) is 5.92 Å². The molecule has 0 radical (unpaired) electrons. The van der Waals surface area contributed by atoms with Gasteiger partial charge in [0.05, 0.1) is 16.7 Å². The molecule has 2 fully saturated rings. The minimum absolute atomic E-state index is 0.555. The van der Waals surface area contributed by atoms with Crippen molar-refractivity contribution in [2.75, 3.05) is 6.61 Å². The topological polar surface area (TPSA) is 21.3 Å². The van der Waals surface area contributed by atoms with E-state index in [0.29, 0.717) is 10.0 Å². The molecule has 0 amide bonds. The average Bonchev–Trinajstić information content (AvgIpc) is 2.73. The minimum Gasteiger partial charge on any atom is -0.494 e. The number of halogens is 2. The van der Waals surface area contributed by atoms with E-state index < -0.39 is 0 Å². The molecule has 2 aliphatic rings. The SMILES string of the molecule is Clc1ccc(OCCC2CC3CCC(C2)N3)cc1Cl. The molecule has 1 aromatic rings. The first kappa shape index (κ1) is 13.5. The smallest absolute Gasteiger partial charge is 0.120 e. The molecule has 2 nitrogen and oxygen atoms in total. The van der Waals surface area contributed by atoms with Gasteiger partial charge in [-0.15, -0.1) is 0 Å². The number of piperidine rings is 1. The molecule has 2 aliphatic heterocycles. The summed E-state index contributed by atoms with van der Waals surface area (Å²) in [6, 6.07) is 6.96. The lowest BCUT2D eigenvalue weighted by atomic mass is 9.90. The summed E-state index contributed by atoms with van der Waals surface area (Å²) >= 11 is 11.8. The second-order valence-corrected chi connectivity index (χ2v) is 6.50. The first-order valence-electron chi connectivity index (χ1n) is 7.04. The molecule has 2 bridgehead atoms. The molecule has 0 saturated carbocycles. The molecule has 0 aliphatic carbocycles. The molecule has 19 heavy (non-hydrogen) atoms. The summed E-state index contributed by atoms with van der Waals surface area (Å²) in [5, 5.41) is 4.80. The third-order valence-electron chi connectivity index (χ3n) is 4.26. The van der Waals surface area contributed by atoms with Gasteiger partial charge in [-0.3, -0.25) is 0 Å². The van der Waals surface area contributed by atoms with Crippen molar-refractivity contribution in [2.45, 2.75) is 44.2 Å². The summed E-state index contributed by atoms with van der Waals surface area (Å²) < 4.78 is 5.77. The maximum Gasteiger partial charge on any atom is 0.120 e. The Morgan fingerprint density at radius 3 is 2.53 bits per heavy atom. The Labute approximate surface area is 124 Å². The molecule has 2 unspecified atom stereocenters. The number of nitrogens with one attached hydrogen (secondary N) is 1. The van der Waals surface area contributed by atoms with Gasteiger partial charge in [0, 0.05) is 18.2 Å². The zero-order valence-electron chi connectivity index (χ0n) is 10.9. The highest BCUT2D eigenvalue weighted by Crippen LogP contribution is 2.33. The van der Waals surface area contributed by atoms with Crippen molar-refractivity contribution in [2.24, 2.45) is 5.92 Å². The molecule has 0 aromatic heterocycles. The largest absolute Gasteiger partial charge is 0.494 e. The van der Waals surface area contributed by atoms with E-state index in [2.05, 4.69) is 5.32 Å². The van der Waals surface area contributed by atoms with E-state index in [0.717, 1.165) is 36.8 Å². The lowest BCUT2D eigenvalue weighted by Crippen LogP contribution is -2.38. The Morgan fingerprint density at radius 2 is 1.84 bits per heavy atom. The Kier molecular flexibility index (Phi) is 4.21. The lowest BCUT2D eigenvalue weighted by molar-refractivity contribution is 0.227. The highest BCUT2D eigenvalue weighted by Gasteiger charge is 2.32. The quantitative estimate of drug-likeness (QED) is 0.895. The minimum atomic E-state index is 0.555. The standard InChI is InChI=1S/C15H19Cl2NO/c16-14-4-3-13(9-15(14)17)19-6-5-10-7-11-1-2-12(8-10)18-11/h3-4,9-12,18H,1-2,5-8H2. The van der Waals surface area contributed by atoms with Gasteiger partial charge in [0.25, 0.3) is 0 Å². The molecule has 1 N–H and O–H groups in total. The van der Waals surface area contributed by atoms with Crippen LogP contribution in [0.2, 0.25) is 10.0 Å². The molecule has 4 heteroatoms. The third-order valence-corrected chi connectivity index (χ3v) is 5.00. The van der Waals surface area contributed by atoms with Gasteiger partial charge in [-0.25, -0.2) is 0 Å². The number of ether oxygens (including phenoxy) is 1.